The highest BCUT2D eigenvalue weighted by atomic mass is 15.1. The van der Waals surface area contributed by atoms with Crippen LogP contribution in [0.15, 0.2) is 22.3 Å². The van der Waals surface area contributed by atoms with E-state index in [2.05, 4.69) is 39.6 Å². The van der Waals surface area contributed by atoms with E-state index >= 15 is 0 Å². The monoisotopic (exact) mass is 205 g/mol. The van der Waals surface area contributed by atoms with Gasteiger partial charge in [-0.2, -0.15) is 0 Å². The van der Waals surface area contributed by atoms with Gasteiger partial charge in [-0.1, -0.05) is 11.1 Å². The molecule has 2 atom stereocenters. The Kier molecular flexibility index (Phi) is 2.76. The first kappa shape index (κ1) is 10.9. The Hall–Kier alpha value is -0.560. The van der Waals surface area contributed by atoms with Gasteiger partial charge in [0.25, 0.3) is 0 Å². The van der Waals surface area contributed by atoms with Crippen LogP contribution in [0.2, 0.25) is 0 Å². The summed E-state index contributed by atoms with van der Waals surface area (Å²) in [7, 11) is 2.28. The third-order valence-electron chi connectivity index (χ3n) is 4.63. The molecule has 2 rings (SSSR count). The van der Waals surface area contributed by atoms with E-state index in [1.165, 1.54) is 25.0 Å². The highest BCUT2D eigenvalue weighted by Crippen LogP contribution is 2.40. The zero-order valence-corrected chi connectivity index (χ0v) is 10.7. The third-order valence-corrected chi connectivity index (χ3v) is 4.63. The summed E-state index contributed by atoms with van der Waals surface area (Å²) in [6.45, 7) is 10.5. The van der Waals surface area contributed by atoms with Gasteiger partial charge in [-0.3, -0.25) is 4.90 Å². The van der Waals surface area contributed by atoms with E-state index in [4.69, 9.17) is 0 Å². The molecule has 1 aliphatic carbocycles. The molecule has 84 valence electrons. The van der Waals surface area contributed by atoms with Crippen LogP contribution in [-0.2, 0) is 0 Å². The Balaban J connectivity index is 2.44. The van der Waals surface area contributed by atoms with E-state index in [1.54, 1.807) is 16.7 Å². The molecule has 1 heterocycles. The van der Waals surface area contributed by atoms with Crippen LogP contribution in [0.5, 0.6) is 0 Å². The van der Waals surface area contributed by atoms with Gasteiger partial charge in [0, 0.05) is 6.04 Å². The Morgan fingerprint density at radius 2 is 1.60 bits per heavy atom. The van der Waals surface area contributed by atoms with Crippen molar-refractivity contribution in [3.8, 4) is 0 Å². The van der Waals surface area contributed by atoms with Crippen LogP contribution < -0.4 is 0 Å². The molecule has 2 unspecified atom stereocenters. The summed E-state index contributed by atoms with van der Waals surface area (Å²) < 4.78 is 0. The summed E-state index contributed by atoms with van der Waals surface area (Å²) in [5, 5.41) is 0. The van der Waals surface area contributed by atoms with Crippen molar-refractivity contribution in [3.05, 3.63) is 22.3 Å². The van der Waals surface area contributed by atoms with Crippen molar-refractivity contribution in [2.45, 2.75) is 46.6 Å². The van der Waals surface area contributed by atoms with Crippen LogP contribution in [0.3, 0.4) is 0 Å². The van der Waals surface area contributed by atoms with Gasteiger partial charge < -0.3 is 0 Å². The van der Waals surface area contributed by atoms with Gasteiger partial charge in [0.2, 0.25) is 0 Å². The molecule has 0 saturated carbocycles. The predicted molar refractivity (Wildman–Crippen MR) is 65.9 cm³/mol. The number of allylic oxidation sites excluding steroid dienone is 2. The number of rotatable bonds is 0. The molecule has 0 N–H and O–H groups in total. The van der Waals surface area contributed by atoms with Crippen LogP contribution in [0.25, 0.3) is 0 Å². The van der Waals surface area contributed by atoms with Gasteiger partial charge in [-0.15, -0.1) is 0 Å². The molecule has 15 heavy (non-hydrogen) atoms. The third kappa shape index (κ3) is 1.57. The minimum absolute atomic E-state index is 0.683. The van der Waals surface area contributed by atoms with Crippen molar-refractivity contribution in [3.63, 3.8) is 0 Å². The molecule has 0 aromatic heterocycles. The first-order valence-corrected chi connectivity index (χ1v) is 6.09. The van der Waals surface area contributed by atoms with Crippen molar-refractivity contribution in [2.24, 2.45) is 5.92 Å². The van der Waals surface area contributed by atoms with Gasteiger partial charge in [-0.05, 0) is 71.2 Å². The lowest BCUT2D eigenvalue weighted by Crippen LogP contribution is -2.45. The van der Waals surface area contributed by atoms with E-state index < -0.39 is 0 Å². The fraction of sp³-hybridized carbons (Fsp3) is 0.714. The van der Waals surface area contributed by atoms with E-state index in [-0.39, 0.29) is 0 Å². The fourth-order valence-corrected chi connectivity index (χ4v) is 3.34. The Morgan fingerprint density at radius 1 is 1.00 bits per heavy atom. The smallest absolute Gasteiger partial charge is 0.0373 e. The van der Waals surface area contributed by atoms with Crippen molar-refractivity contribution in [2.75, 3.05) is 13.6 Å². The minimum Gasteiger partial charge on any atom is -0.299 e. The number of nitrogens with zero attached hydrogens (tertiary/aromatic N) is 1. The van der Waals surface area contributed by atoms with Crippen molar-refractivity contribution in [1.82, 2.24) is 4.90 Å². The average molecular weight is 205 g/mol. The second-order valence-electron chi connectivity index (χ2n) is 5.29. The van der Waals surface area contributed by atoms with Crippen molar-refractivity contribution in [1.29, 1.82) is 0 Å². The molecule has 0 amide bonds. The number of hydrogen-bond acceptors (Lipinski definition) is 1. The molecule has 0 spiro atoms. The number of likely N-dealkylation sites (N-methyl/N-ethyl adjacent to an activating group) is 1. The quantitative estimate of drug-likeness (QED) is 0.586. The molecule has 1 nitrogen and oxygen atoms in total. The maximum Gasteiger partial charge on any atom is 0.0373 e. The zero-order chi connectivity index (χ0) is 11.2. The summed E-state index contributed by atoms with van der Waals surface area (Å²) in [5.74, 6) is 0.785. The number of likely N-dealkylation sites (tertiary alicyclic amines) is 1. The number of piperidine rings is 1. The maximum atomic E-state index is 2.54. The van der Waals surface area contributed by atoms with Crippen LogP contribution in [0, 0.1) is 5.92 Å². The Labute approximate surface area is 93.9 Å². The minimum atomic E-state index is 0.683. The van der Waals surface area contributed by atoms with Gasteiger partial charge in [0.15, 0.2) is 0 Å². The first-order chi connectivity index (χ1) is 7.04. The molecule has 0 aromatic rings. The number of fused-ring (bicyclic) bond motifs is 1. The first-order valence-electron chi connectivity index (χ1n) is 6.09. The highest BCUT2D eigenvalue weighted by molar-refractivity contribution is 5.43. The lowest BCUT2D eigenvalue weighted by atomic mass is 9.73. The average Bonchev–Trinajstić information content (AvgIpc) is 2.23. The molecular formula is C14H23N. The lowest BCUT2D eigenvalue weighted by Gasteiger charge is -2.44. The highest BCUT2D eigenvalue weighted by Gasteiger charge is 2.35. The summed E-state index contributed by atoms with van der Waals surface area (Å²) in [4.78, 5) is 2.54. The SMILES string of the molecule is CC1=C(C)C2CCCN(C)C2C(C)=C1C. The van der Waals surface area contributed by atoms with Gasteiger partial charge in [-0.25, -0.2) is 0 Å². The van der Waals surface area contributed by atoms with Gasteiger partial charge >= 0.3 is 0 Å². The molecule has 2 aliphatic rings. The van der Waals surface area contributed by atoms with Gasteiger partial charge in [0.1, 0.15) is 0 Å². The summed E-state index contributed by atoms with van der Waals surface area (Å²) in [5.41, 5.74) is 6.31. The molecule has 0 aromatic carbocycles. The molecular weight excluding hydrogens is 182 g/mol. The van der Waals surface area contributed by atoms with Crippen LogP contribution in [0.1, 0.15) is 40.5 Å². The molecule has 0 radical (unpaired) electrons. The second-order valence-corrected chi connectivity index (χ2v) is 5.29. The normalized spacial score (nSPS) is 33.4. The van der Waals surface area contributed by atoms with Crippen LogP contribution >= 0.6 is 0 Å². The zero-order valence-electron chi connectivity index (χ0n) is 10.7. The lowest BCUT2D eigenvalue weighted by molar-refractivity contribution is 0.162. The van der Waals surface area contributed by atoms with Crippen LogP contribution in [0.4, 0.5) is 0 Å². The maximum absolute atomic E-state index is 2.54. The predicted octanol–water partition coefficient (Wildman–Crippen LogP) is 3.38. The van der Waals surface area contributed by atoms with E-state index in [0.717, 1.165) is 5.92 Å². The second kappa shape index (κ2) is 3.79. The summed E-state index contributed by atoms with van der Waals surface area (Å²) in [6, 6.07) is 0.683. The van der Waals surface area contributed by atoms with E-state index in [9.17, 15) is 0 Å². The van der Waals surface area contributed by atoms with E-state index in [0.29, 0.717) is 6.04 Å². The van der Waals surface area contributed by atoms with Crippen molar-refractivity contribution >= 4 is 0 Å². The molecule has 1 aliphatic heterocycles. The van der Waals surface area contributed by atoms with Crippen LogP contribution in [-0.4, -0.2) is 24.5 Å². The molecule has 1 saturated heterocycles. The largest absolute Gasteiger partial charge is 0.299 e. The number of hydrogen-bond donors (Lipinski definition) is 0. The Morgan fingerprint density at radius 3 is 2.27 bits per heavy atom. The summed E-state index contributed by atoms with van der Waals surface area (Å²) in [6.07, 6.45) is 2.73. The molecule has 1 fully saturated rings. The standard InChI is InChI=1S/C14H23N/c1-9-10(2)12(4)14-13(11(9)3)7-6-8-15(14)5/h13-14H,6-8H2,1-5H3. The molecule has 1 heteroatoms. The van der Waals surface area contributed by atoms with E-state index in [1.807, 2.05) is 0 Å². The summed E-state index contributed by atoms with van der Waals surface area (Å²) >= 11 is 0. The Bertz CT molecular complexity index is 335. The topological polar surface area (TPSA) is 3.24 Å². The molecule has 0 bridgehead atoms. The van der Waals surface area contributed by atoms with Gasteiger partial charge in [0.05, 0.1) is 0 Å². The van der Waals surface area contributed by atoms with Crippen molar-refractivity contribution < 1.29 is 0 Å². The fourth-order valence-electron chi connectivity index (χ4n) is 3.34.